The Labute approximate surface area is 89.9 Å². The van der Waals surface area contributed by atoms with Crippen molar-refractivity contribution in [1.29, 1.82) is 0 Å². The summed E-state index contributed by atoms with van der Waals surface area (Å²) in [7, 11) is 0. The van der Waals surface area contributed by atoms with Crippen LogP contribution in [-0.2, 0) is 6.54 Å². The molecule has 0 atom stereocenters. The Hall–Kier alpha value is -0.760. The predicted molar refractivity (Wildman–Crippen MR) is 59.2 cm³/mol. The second-order valence-electron chi connectivity index (χ2n) is 3.39. The Morgan fingerprint density at radius 2 is 2.14 bits per heavy atom. The Morgan fingerprint density at radius 3 is 2.57 bits per heavy atom. The van der Waals surface area contributed by atoms with E-state index in [-0.39, 0.29) is 5.78 Å². The zero-order chi connectivity index (χ0) is 10.7. The van der Waals surface area contributed by atoms with Gasteiger partial charge in [0.05, 0.1) is 0 Å². The number of aryl methyl sites for hydroxylation is 1. The van der Waals surface area contributed by atoms with Gasteiger partial charge in [-0.1, -0.05) is 0 Å². The lowest BCUT2D eigenvalue weighted by atomic mass is 10.1. The fourth-order valence-corrected chi connectivity index (χ4v) is 1.96. The summed E-state index contributed by atoms with van der Waals surface area (Å²) >= 11 is 5.55. The highest BCUT2D eigenvalue weighted by Crippen LogP contribution is 2.16. The molecule has 0 aliphatic rings. The first-order chi connectivity index (χ1) is 6.61. The highest BCUT2D eigenvalue weighted by molar-refractivity contribution is 6.19. The topological polar surface area (TPSA) is 22.0 Å². The molecule has 0 fully saturated rings. The fraction of sp³-hybridized carbons (Fsp3) is 0.545. The molecule has 0 aliphatic carbocycles. The second-order valence-corrected chi connectivity index (χ2v) is 3.77. The molecule has 1 rings (SSSR count). The number of carbonyl (C=O) groups is 1. The number of hydrogen-bond donors (Lipinski definition) is 0. The molecule has 0 N–H and O–H groups in total. The number of rotatable bonds is 4. The summed E-state index contributed by atoms with van der Waals surface area (Å²) in [4.78, 5) is 11.6. The molecule has 0 aliphatic heterocycles. The van der Waals surface area contributed by atoms with Crippen LogP contribution >= 0.6 is 11.6 Å². The van der Waals surface area contributed by atoms with Gasteiger partial charge in [-0.15, -0.1) is 11.6 Å². The van der Waals surface area contributed by atoms with Crippen LogP contribution in [0.1, 0.15) is 35.1 Å². The van der Waals surface area contributed by atoms with Crippen molar-refractivity contribution < 1.29 is 4.79 Å². The molecule has 1 aromatic heterocycles. The number of ketones is 1. The van der Waals surface area contributed by atoms with E-state index in [0.29, 0.717) is 12.3 Å². The summed E-state index contributed by atoms with van der Waals surface area (Å²) in [6, 6.07) is 1.95. The zero-order valence-corrected chi connectivity index (χ0v) is 9.69. The van der Waals surface area contributed by atoms with Crippen LogP contribution < -0.4 is 0 Å². The van der Waals surface area contributed by atoms with E-state index in [1.165, 1.54) is 0 Å². The van der Waals surface area contributed by atoms with Crippen LogP contribution in [0.25, 0.3) is 0 Å². The van der Waals surface area contributed by atoms with E-state index in [0.717, 1.165) is 23.5 Å². The molecule has 0 bridgehead atoms. The zero-order valence-electron chi connectivity index (χ0n) is 8.93. The predicted octanol–water partition coefficient (Wildman–Crippen LogP) is 2.94. The molecule has 3 heteroatoms. The van der Waals surface area contributed by atoms with Crippen LogP contribution in [0.3, 0.4) is 0 Å². The van der Waals surface area contributed by atoms with Crippen molar-refractivity contribution in [2.24, 2.45) is 0 Å². The van der Waals surface area contributed by atoms with Gasteiger partial charge in [0.2, 0.25) is 0 Å². The van der Waals surface area contributed by atoms with Crippen molar-refractivity contribution >= 4 is 17.4 Å². The van der Waals surface area contributed by atoms with Gasteiger partial charge in [-0.2, -0.15) is 0 Å². The minimum atomic E-state index is 0.146. The lowest BCUT2D eigenvalue weighted by Crippen LogP contribution is -2.04. The molecular formula is C11H16ClNO. The third kappa shape index (κ3) is 2.01. The number of aromatic nitrogens is 1. The van der Waals surface area contributed by atoms with E-state index in [9.17, 15) is 4.79 Å². The third-order valence-corrected chi connectivity index (χ3v) is 2.70. The van der Waals surface area contributed by atoms with Gasteiger partial charge in [0.25, 0.3) is 0 Å². The summed E-state index contributed by atoms with van der Waals surface area (Å²) in [5.74, 6) is 0.544. The number of carbonyl (C=O) groups excluding carboxylic acids is 1. The monoisotopic (exact) mass is 213 g/mol. The SMILES string of the molecule is CCn1c(C)cc(C(=O)CCCl)c1C. The van der Waals surface area contributed by atoms with E-state index in [2.05, 4.69) is 11.5 Å². The number of hydrogen-bond acceptors (Lipinski definition) is 1. The molecule has 0 aromatic carbocycles. The minimum Gasteiger partial charge on any atom is -0.349 e. The standard InChI is InChI=1S/C11H16ClNO/c1-4-13-8(2)7-10(9(13)3)11(14)5-6-12/h7H,4-6H2,1-3H3. The van der Waals surface area contributed by atoms with Gasteiger partial charge < -0.3 is 4.57 Å². The van der Waals surface area contributed by atoms with Crippen LogP contribution in [0.4, 0.5) is 0 Å². The van der Waals surface area contributed by atoms with Crippen LogP contribution in [0, 0.1) is 13.8 Å². The van der Waals surface area contributed by atoms with Gasteiger partial charge >= 0.3 is 0 Å². The van der Waals surface area contributed by atoms with Crippen molar-refractivity contribution in [3.8, 4) is 0 Å². The average molecular weight is 214 g/mol. The Bertz CT molecular complexity index is 341. The molecule has 0 amide bonds. The average Bonchev–Trinajstić information content (AvgIpc) is 2.42. The molecule has 0 spiro atoms. The van der Waals surface area contributed by atoms with Crippen molar-refractivity contribution in [2.75, 3.05) is 5.88 Å². The lowest BCUT2D eigenvalue weighted by Gasteiger charge is -2.05. The minimum absolute atomic E-state index is 0.146. The quantitative estimate of drug-likeness (QED) is 0.557. The fourth-order valence-electron chi connectivity index (χ4n) is 1.79. The molecule has 0 unspecified atom stereocenters. The highest BCUT2D eigenvalue weighted by atomic mass is 35.5. The molecule has 2 nitrogen and oxygen atoms in total. The van der Waals surface area contributed by atoms with Gasteiger partial charge in [-0.25, -0.2) is 0 Å². The maximum absolute atomic E-state index is 11.6. The molecule has 0 saturated carbocycles. The van der Waals surface area contributed by atoms with Gasteiger partial charge in [0.1, 0.15) is 0 Å². The molecule has 1 heterocycles. The Balaban J connectivity index is 3.04. The van der Waals surface area contributed by atoms with Crippen LogP contribution in [-0.4, -0.2) is 16.2 Å². The number of Topliss-reactive ketones (excluding diaryl/α,β-unsaturated/α-hetero) is 1. The first-order valence-corrected chi connectivity index (χ1v) is 5.41. The normalized spacial score (nSPS) is 10.6. The smallest absolute Gasteiger partial charge is 0.165 e. The molecule has 14 heavy (non-hydrogen) atoms. The second kappa shape index (κ2) is 4.65. The summed E-state index contributed by atoms with van der Waals surface area (Å²) in [5.41, 5.74) is 3.02. The Morgan fingerprint density at radius 1 is 1.50 bits per heavy atom. The van der Waals surface area contributed by atoms with Crippen LogP contribution in [0.2, 0.25) is 0 Å². The lowest BCUT2D eigenvalue weighted by molar-refractivity contribution is 0.0988. The summed E-state index contributed by atoms with van der Waals surface area (Å²) in [5, 5.41) is 0. The Kier molecular flexibility index (Phi) is 3.76. The van der Waals surface area contributed by atoms with Gasteiger partial charge in [0.15, 0.2) is 5.78 Å². The first-order valence-electron chi connectivity index (χ1n) is 4.87. The molecular weight excluding hydrogens is 198 g/mol. The van der Waals surface area contributed by atoms with Crippen LogP contribution in [0.5, 0.6) is 0 Å². The van der Waals surface area contributed by atoms with E-state index in [1.54, 1.807) is 0 Å². The summed E-state index contributed by atoms with van der Waals surface area (Å²) < 4.78 is 2.14. The van der Waals surface area contributed by atoms with Gasteiger partial charge in [-0.05, 0) is 26.8 Å². The highest BCUT2D eigenvalue weighted by Gasteiger charge is 2.13. The summed E-state index contributed by atoms with van der Waals surface area (Å²) in [6.07, 6.45) is 0.426. The molecule has 78 valence electrons. The molecule has 1 aromatic rings. The van der Waals surface area contributed by atoms with Crippen molar-refractivity contribution in [1.82, 2.24) is 4.57 Å². The van der Waals surface area contributed by atoms with E-state index in [1.807, 2.05) is 19.9 Å². The summed E-state index contributed by atoms with van der Waals surface area (Å²) in [6.45, 7) is 6.99. The van der Waals surface area contributed by atoms with E-state index >= 15 is 0 Å². The van der Waals surface area contributed by atoms with Gasteiger partial charge in [-0.3, -0.25) is 4.79 Å². The van der Waals surface area contributed by atoms with Gasteiger partial charge in [0, 0.05) is 35.8 Å². The molecule has 0 saturated heterocycles. The number of alkyl halides is 1. The van der Waals surface area contributed by atoms with E-state index in [4.69, 9.17) is 11.6 Å². The van der Waals surface area contributed by atoms with Crippen molar-refractivity contribution in [2.45, 2.75) is 33.7 Å². The van der Waals surface area contributed by atoms with E-state index < -0.39 is 0 Å². The third-order valence-electron chi connectivity index (χ3n) is 2.51. The largest absolute Gasteiger partial charge is 0.349 e. The number of nitrogens with zero attached hydrogens (tertiary/aromatic N) is 1. The maximum atomic E-state index is 11.6. The number of halogens is 1. The van der Waals surface area contributed by atoms with Crippen molar-refractivity contribution in [3.63, 3.8) is 0 Å². The van der Waals surface area contributed by atoms with Crippen molar-refractivity contribution in [3.05, 3.63) is 23.0 Å². The van der Waals surface area contributed by atoms with Crippen LogP contribution in [0.15, 0.2) is 6.07 Å². The maximum Gasteiger partial charge on any atom is 0.165 e. The first kappa shape index (κ1) is 11.3. The molecule has 0 radical (unpaired) electrons.